The zero-order valence-electron chi connectivity index (χ0n) is 10.6. The Kier molecular flexibility index (Phi) is 4.43. The first-order chi connectivity index (χ1) is 9.10. The molecule has 0 unspecified atom stereocenters. The molecule has 0 amide bonds. The summed E-state index contributed by atoms with van der Waals surface area (Å²) < 4.78 is 0. The van der Waals surface area contributed by atoms with Gasteiger partial charge < -0.3 is 20.5 Å². The molecule has 2 rings (SSSR count). The molecule has 1 aliphatic carbocycles. The van der Waals surface area contributed by atoms with Crippen LogP contribution in [0.25, 0.3) is 0 Å². The van der Waals surface area contributed by atoms with E-state index in [2.05, 4.69) is 11.4 Å². The van der Waals surface area contributed by atoms with E-state index in [0.29, 0.717) is 16.7 Å². The smallest absolute Gasteiger partial charge is 0.423 e. The van der Waals surface area contributed by atoms with E-state index in [1.165, 1.54) is 6.07 Å². The van der Waals surface area contributed by atoms with Gasteiger partial charge in [-0.2, -0.15) is 5.26 Å². The van der Waals surface area contributed by atoms with Crippen molar-refractivity contribution in [2.24, 2.45) is 0 Å². The number of hydrogen-bond acceptors (Lipinski definition) is 5. The molecule has 0 aliphatic heterocycles. The van der Waals surface area contributed by atoms with E-state index < -0.39 is 7.12 Å². The summed E-state index contributed by atoms with van der Waals surface area (Å²) in [4.78, 5) is 0. The third-order valence-corrected chi connectivity index (χ3v) is 3.52. The number of aliphatic hydroxyl groups excluding tert-OH is 1. The number of hydrogen-bond donors (Lipinski definition) is 4. The van der Waals surface area contributed by atoms with Crippen molar-refractivity contribution in [3.8, 4) is 6.07 Å². The summed E-state index contributed by atoms with van der Waals surface area (Å²) in [6.45, 7) is 0. The molecule has 0 radical (unpaired) electrons. The lowest BCUT2D eigenvalue weighted by Gasteiger charge is -2.27. The van der Waals surface area contributed by atoms with Crippen molar-refractivity contribution >= 4 is 18.3 Å². The fraction of sp³-hybridized carbons (Fsp3) is 0.462. The molecular formula is C13H17BN2O3. The Balaban J connectivity index is 2.14. The Morgan fingerprint density at radius 2 is 1.89 bits per heavy atom. The van der Waals surface area contributed by atoms with Crippen molar-refractivity contribution in [1.29, 1.82) is 5.26 Å². The van der Waals surface area contributed by atoms with Gasteiger partial charge in [0.05, 0.1) is 17.4 Å². The summed E-state index contributed by atoms with van der Waals surface area (Å²) in [7, 11) is -1.54. The minimum Gasteiger partial charge on any atom is -0.423 e. The topological polar surface area (TPSA) is 96.5 Å². The van der Waals surface area contributed by atoms with Crippen LogP contribution >= 0.6 is 0 Å². The molecule has 19 heavy (non-hydrogen) atoms. The van der Waals surface area contributed by atoms with Gasteiger partial charge in [-0.15, -0.1) is 0 Å². The Morgan fingerprint density at radius 3 is 2.47 bits per heavy atom. The summed E-state index contributed by atoms with van der Waals surface area (Å²) in [5.41, 5.74) is 1.46. The molecule has 1 aromatic rings. The molecule has 1 aromatic carbocycles. The van der Waals surface area contributed by atoms with Gasteiger partial charge in [-0.25, -0.2) is 0 Å². The van der Waals surface area contributed by atoms with Gasteiger partial charge in [-0.1, -0.05) is 6.07 Å². The van der Waals surface area contributed by atoms with Crippen LogP contribution in [0.4, 0.5) is 5.69 Å². The predicted octanol–water partition coefficient (Wildman–Crippen LogP) is -0.0465. The molecular weight excluding hydrogens is 243 g/mol. The van der Waals surface area contributed by atoms with Crippen molar-refractivity contribution < 1.29 is 15.2 Å². The van der Waals surface area contributed by atoms with Crippen molar-refractivity contribution in [3.05, 3.63) is 23.8 Å². The summed E-state index contributed by atoms with van der Waals surface area (Å²) in [6.07, 6.45) is 2.97. The van der Waals surface area contributed by atoms with Gasteiger partial charge in [0.15, 0.2) is 0 Å². The van der Waals surface area contributed by atoms with E-state index in [1.54, 1.807) is 12.1 Å². The first-order valence-electron chi connectivity index (χ1n) is 6.45. The molecule has 0 heterocycles. The molecule has 6 heteroatoms. The third-order valence-electron chi connectivity index (χ3n) is 3.52. The third kappa shape index (κ3) is 3.47. The summed E-state index contributed by atoms with van der Waals surface area (Å²) in [6, 6.07) is 6.99. The predicted molar refractivity (Wildman–Crippen MR) is 72.9 cm³/mol. The molecule has 0 aromatic heterocycles. The van der Waals surface area contributed by atoms with Crippen molar-refractivity contribution in [1.82, 2.24) is 0 Å². The second-order valence-electron chi connectivity index (χ2n) is 4.94. The largest absolute Gasteiger partial charge is 0.488 e. The van der Waals surface area contributed by atoms with Crippen molar-refractivity contribution in [2.45, 2.75) is 37.8 Å². The van der Waals surface area contributed by atoms with Crippen LogP contribution in [0.2, 0.25) is 0 Å². The molecule has 4 N–H and O–H groups in total. The highest BCUT2D eigenvalue weighted by atomic mass is 16.4. The van der Waals surface area contributed by atoms with Crippen LogP contribution in [-0.4, -0.2) is 34.4 Å². The molecule has 1 fully saturated rings. The molecule has 0 saturated heterocycles. The first-order valence-corrected chi connectivity index (χ1v) is 6.45. The second-order valence-corrected chi connectivity index (χ2v) is 4.94. The quantitative estimate of drug-likeness (QED) is 0.571. The normalized spacial score (nSPS) is 22.6. The van der Waals surface area contributed by atoms with Gasteiger partial charge in [0.25, 0.3) is 0 Å². The molecule has 0 bridgehead atoms. The van der Waals surface area contributed by atoms with Gasteiger partial charge in [-0.3, -0.25) is 0 Å². The van der Waals surface area contributed by atoms with Gasteiger partial charge in [0.2, 0.25) is 0 Å². The summed E-state index contributed by atoms with van der Waals surface area (Å²) in [5, 5.41) is 40.1. The minimum atomic E-state index is -1.54. The molecule has 1 aliphatic rings. The maximum atomic E-state index is 9.46. The van der Waals surface area contributed by atoms with Crippen LogP contribution in [0.3, 0.4) is 0 Å². The van der Waals surface area contributed by atoms with Gasteiger partial charge >= 0.3 is 7.12 Å². The number of anilines is 1. The molecule has 1 saturated carbocycles. The molecule has 0 spiro atoms. The monoisotopic (exact) mass is 260 g/mol. The van der Waals surface area contributed by atoms with Crippen LogP contribution in [0.1, 0.15) is 31.2 Å². The highest BCUT2D eigenvalue weighted by molar-refractivity contribution is 6.58. The fourth-order valence-electron chi connectivity index (χ4n) is 2.38. The average molecular weight is 260 g/mol. The Morgan fingerprint density at radius 1 is 1.21 bits per heavy atom. The number of nitriles is 1. The highest BCUT2D eigenvalue weighted by Crippen LogP contribution is 2.23. The van der Waals surface area contributed by atoms with E-state index in [0.717, 1.165) is 25.7 Å². The number of benzene rings is 1. The standard InChI is InChI=1S/C13H17BN2O3/c15-8-9-1-2-10(14(18)19)7-13(9)16-11-3-5-12(17)6-4-11/h1-2,7,11-12,16-19H,3-6H2. The molecule has 5 nitrogen and oxygen atoms in total. The van der Waals surface area contributed by atoms with E-state index in [-0.39, 0.29) is 12.1 Å². The highest BCUT2D eigenvalue weighted by Gasteiger charge is 2.21. The van der Waals surface area contributed by atoms with E-state index in [9.17, 15) is 5.11 Å². The maximum absolute atomic E-state index is 9.46. The molecule has 0 atom stereocenters. The van der Waals surface area contributed by atoms with Crippen LogP contribution in [0.15, 0.2) is 18.2 Å². The van der Waals surface area contributed by atoms with Gasteiger partial charge in [-0.05, 0) is 43.3 Å². The number of nitrogens with zero attached hydrogens (tertiary/aromatic N) is 1. The van der Waals surface area contributed by atoms with Crippen molar-refractivity contribution in [3.63, 3.8) is 0 Å². The fourth-order valence-corrected chi connectivity index (χ4v) is 2.38. The Hall–Kier alpha value is -1.55. The lowest BCUT2D eigenvalue weighted by Crippen LogP contribution is -2.32. The van der Waals surface area contributed by atoms with Crippen LogP contribution in [0, 0.1) is 11.3 Å². The van der Waals surface area contributed by atoms with E-state index in [1.807, 2.05) is 0 Å². The summed E-state index contributed by atoms with van der Waals surface area (Å²) in [5.74, 6) is 0. The lowest BCUT2D eigenvalue weighted by atomic mass is 9.79. The zero-order chi connectivity index (χ0) is 13.8. The van der Waals surface area contributed by atoms with Crippen LogP contribution < -0.4 is 10.8 Å². The average Bonchev–Trinajstić information content (AvgIpc) is 2.41. The van der Waals surface area contributed by atoms with Gasteiger partial charge in [0.1, 0.15) is 6.07 Å². The first kappa shape index (κ1) is 13.9. The van der Waals surface area contributed by atoms with Gasteiger partial charge in [0, 0.05) is 6.04 Å². The van der Waals surface area contributed by atoms with Crippen LogP contribution in [-0.2, 0) is 0 Å². The van der Waals surface area contributed by atoms with Crippen molar-refractivity contribution in [2.75, 3.05) is 5.32 Å². The molecule has 100 valence electrons. The number of nitrogens with one attached hydrogen (secondary N) is 1. The van der Waals surface area contributed by atoms with E-state index in [4.69, 9.17) is 15.3 Å². The zero-order valence-corrected chi connectivity index (χ0v) is 10.6. The van der Waals surface area contributed by atoms with E-state index >= 15 is 0 Å². The Bertz CT molecular complexity index is 479. The number of rotatable bonds is 3. The SMILES string of the molecule is N#Cc1ccc(B(O)O)cc1NC1CCC(O)CC1. The second kappa shape index (κ2) is 6.07. The maximum Gasteiger partial charge on any atom is 0.488 e. The minimum absolute atomic E-state index is 0.210. The number of aliphatic hydroxyl groups is 1. The van der Waals surface area contributed by atoms with Crippen LogP contribution in [0.5, 0.6) is 0 Å². The Labute approximate surface area is 112 Å². The lowest BCUT2D eigenvalue weighted by molar-refractivity contribution is 0.126. The summed E-state index contributed by atoms with van der Waals surface area (Å²) >= 11 is 0.